The van der Waals surface area contributed by atoms with Crippen molar-refractivity contribution in [1.82, 2.24) is 47.4 Å². The molecule has 13 nitrogen and oxygen atoms in total. The third kappa shape index (κ3) is 11.3. The molecule has 17 aromatic carbocycles. The van der Waals surface area contributed by atoms with E-state index in [9.17, 15) is 4.57 Å². The lowest BCUT2D eigenvalue weighted by molar-refractivity contribution is 0.583. The van der Waals surface area contributed by atoms with Crippen LogP contribution in [0.1, 0.15) is 0 Å². The van der Waals surface area contributed by atoms with Crippen LogP contribution in [0.25, 0.3) is 180 Å². The Morgan fingerprint density at radius 3 is 1.12 bits per heavy atom. The number of fused-ring (bicyclic) bond motifs is 34. The van der Waals surface area contributed by atoms with Crippen LogP contribution in [0.5, 0.6) is 0 Å². The molecule has 128 heavy (non-hydrogen) atoms. The predicted molar refractivity (Wildman–Crippen MR) is 533 cm³/mol. The van der Waals surface area contributed by atoms with Gasteiger partial charge in [0.1, 0.15) is 16.9 Å². The second-order valence-corrected chi connectivity index (χ2v) is 40.7. The molecule has 16 heteroatoms. The molecule has 602 valence electrons. The fraction of sp³-hybridized carbons (Fsp3) is 0. The van der Waals surface area contributed by atoms with Crippen LogP contribution in [-0.4, -0.2) is 47.4 Å². The molecule has 0 bridgehead atoms. The van der Waals surface area contributed by atoms with Gasteiger partial charge in [0.2, 0.25) is 7.29 Å². The van der Waals surface area contributed by atoms with E-state index in [0.29, 0.717) is 5.30 Å². The first-order valence-corrected chi connectivity index (χ1v) is 47.7. The van der Waals surface area contributed by atoms with Gasteiger partial charge in [0.15, 0.2) is 14.3 Å². The monoisotopic (exact) mass is 1700 g/mol. The number of aromatic nitrogens is 10. The Labute approximate surface area is 731 Å². The molecule has 0 amide bonds. The number of hydrogen-bond acceptors (Lipinski definition) is 9. The first kappa shape index (κ1) is 74.7. The van der Waals surface area contributed by atoms with Crippen LogP contribution in [0, 0.1) is 0 Å². The van der Waals surface area contributed by atoms with E-state index >= 15 is 9.13 Å². The molecule has 0 radical (unpaired) electrons. The molecule has 0 aliphatic rings. The van der Waals surface area contributed by atoms with Crippen molar-refractivity contribution in [2.24, 2.45) is 0 Å². The van der Waals surface area contributed by atoms with Crippen molar-refractivity contribution < 1.29 is 13.7 Å². The lowest BCUT2D eigenvalue weighted by Gasteiger charge is -2.24. The minimum atomic E-state index is -3.39. The minimum Gasteiger partial charge on any atom is -0.309 e. The van der Waals surface area contributed by atoms with E-state index < -0.39 is 21.6 Å². The van der Waals surface area contributed by atoms with Crippen molar-refractivity contribution in [3.63, 3.8) is 0 Å². The van der Waals surface area contributed by atoms with Gasteiger partial charge in [-0.3, -0.25) is 37.1 Å². The summed E-state index contributed by atoms with van der Waals surface area (Å²) in [6.07, 6.45) is 8.60. The summed E-state index contributed by atoms with van der Waals surface area (Å²) in [6.45, 7) is 0. The van der Waals surface area contributed by atoms with Crippen LogP contribution >= 0.6 is 21.6 Å². The van der Waals surface area contributed by atoms with Gasteiger partial charge in [-0.05, 0) is 184 Å². The first-order chi connectivity index (χ1) is 63.2. The fourth-order valence-electron chi connectivity index (χ4n) is 20.1. The molecular formula is C112H71N10O3P3. The molecule has 10 aromatic heterocycles. The fourth-order valence-corrected chi connectivity index (χ4v) is 28.4. The lowest BCUT2D eigenvalue weighted by atomic mass is 9.99. The molecular weight excluding hydrogens is 1630 g/mol. The molecule has 0 fully saturated rings. The number of nitrogens with zero attached hydrogens (tertiary/aromatic N) is 10. The number of para-hydroxylation sites is 12. The Kier molecular flexibility index (Phi) is 17.2. The summed E-state index contributed by atoms with van der Waals surface area (Å²) in [6, 6.07) is 136. The number of pyridine rings is 6. The van der Waals surface area contributed by atoms with Gasteiger partial charge in [0.05, 0.1) is 66.2 Å². The quantitative estimate of drug-likeness (QED) is 0.102. The molecule has 3 unspecified atom stereocenters. The Balaban J connectivity index is 0.000000105. The summed E-state index contributed by atoms with van der Waals surface area (Å²) in [5.41, 5.74) is 15.2. The summed E-state index contributed by atoms with van der Waals surface area (Å²) in [5, 5.41) is 25.8. The molecule has 0 aliphatic heterocycles. The topological polar surface area (TPSA) is 147 Å². The van der Waals surface area contributed by atoms with Crippen LogP contribution in [0.2, 0.25) is 0 Å². The van der Waals surface area contributed by atoms with Gasteiger partial charge in [-0.2, -0.15) is 0 Å². The SMILES string of the molecule is O=P(c1ccccc1)(c1ccc2c(ccc3c2c2ccccc2n2c4ccccc4nc32)c1)n1c2ccccc2c2ccccc21.O=P(c1ccccc1)(c1cnc2ccccc2c1)c1cccc2c1ccc1c2c2ccccc2n2c3ccccc3nc12.O=P(c1ccncc1)(c1cccnc1)c1ccc2c(ccc3c2c2ccccc2n2c4ccccc4nc32)c1. The largest absolute Gasteiger partial charge is 0.309 e. The van der Waals surface area contributed by atoms with Crippen molar-refractivity contribution in [3.8, 4) is 0 Å². The Morgan fingerprint density at radius 2 is 0.602 bits per heavy atom. The van der Waals surface area contributed by atoms with Gasteiger partial charge in [-0.25, -0.2) is 15.0 Å². The zero-order valence-electron chi connectivity index (χ0n) is 68.5. The molecule has 27 aromatic rings. The average molecular weight is 1700 g/mol. The third-order valence-electron chi connectivity index (χ3n) is 25.8. The number of benzene rings is 17. The first-order valence-electron chi connectivity index (χ1n) is 42.7. The van der Waals surface area contributed by atoms with Gasteiger partial charge in [0, 0.05) is 138 Å². The Bertz CT molecular complexity index is 9400. The van der Waals surface area contributed by atoms with Gasteiger partial charge in [-0.15, -0.1) is 0 Å². The van der Waals surface area contributed by atoms with Crippen molar-refractivity contribution in [2.75, 3.05) is 0 Å². The van der Waals surface area contributed by atoms with Gasteiger partial charge >= 0.3 is 0 Å². The summed E-state index contributed by atoms with van der Waals surface area (Å²) >= 11 is 0. The van der Waals surface area contributed by atoms with Crippen LogP contribution in [0.4, 0.5) is 0 Å². The van der Waals surface area contributed by atoms with E-state index in [2.05, 4.69) is 264 Å². The van der Waals surface area contributed by atoms with Crippen molar-refractivity contribution in [1.29, 1.82) is 0 Å². The standard InChI is InChI=1S/C41H26N3OP.C38H24N3OP.C33H21N4OP/c45-46(28-12-2-1-3-13-28,44-37-19-9-4-14-31(37)32-15-5-10-20-38(32)44)29-23-25-30-27(26-29)22-24-34-40(30)33-16-6-8-18-36(33)43-39-21-11-7-17-35(39)42-41(34)43;42-43(26-12-2-1-3-13-26,27-23-25-11-4-6-16-32(25)39-24-27)36-20-10-15-29-28(36)21-22-31-37(29)30-14-5-8-18-34(30)41-35-19-9-7-17-33(35)40-38(31)41;38-39(23-15-18-34-19-16-23,25-6-5-17-35-21-25)24-12-14-26-22(20-24)11-13-28-32(26)27-7-1-3-9-30(27)37-31-10-4-2-8-29(31)36-33(28)37/h1-26H;1-24H;1-21H. The van der Waals surface area contributed by atoms with Crippen molar-refractivity contribution in [3.05, 3.63) is 431 Å². The minimum absolute atomic E-state index is 0.701. The highest BCUT2D eigenvalue weighted by molar-refractivity contribution is 7.86. The molecule has 3 atom stereocenters. The maximum atomic E-state index is 16.1. The van der Waals surface area contributed by atoms with E-state index in [4.69, 9.17) is 19.9 Å². The molecule has 27 rings (SSSR count). The summed E-state index contributed by atoms with van der Waals surface area (Å²) in [7, 11) is -9.88. The van der Waals surface area contributed by atoms with Gasteiger partial charge < -0.3 is 9.13 Å². The molecule has 0 aliphatic carbocycles. The van der Waals surface area contributed by atoms with E-state index in [1.54, 1.807) is 31.0 Å². The van der Waals surface area contributed by atoms with Crippen molar-refractivity contribution >= 4 is 244 Å². The third-order valence-corrected chi connectivity index (χ3v) is 34.8. The van der Waals surface area contributed by atoms with Gasteiger partial charge in [-0.1, -0.05) is 249 Å². The highest BCUT2D eigenvalue weighted by Gasteiger charge is 2.37. The van der Waals surface area contributed by atoms with E-state index in [-0.39, 0.29) is 0 Å². The second kappa shape index (κ2) is 29.4. The van der Waals surface area contributed by atoms with Crippen LogP contribution in [0.15, 0.2) is 431 Å². The predicted octanol–water partition coefficient (Wildman–Crippen LogP) is 24.3. The number of rotatable bonds is 9. The zero-order chi connectivity index (χ0) is 84.9. The summed E-state index contributed by atoms with van der Waals surface area (Å²) in [4.78, 5) is 28.4. The summed E-state index contributed by atoms with van der Waals surface area (Å²) in [5.74, 6) is 0. The van der Waals surface area contributed by atoms with E-state index in [1.165, 1.54) is 5.39 Å². The van der Waals surface area contributed by atoms with Crippen LogP contribution < -0.4 is 42.4 Å². The molecule has 0 N–H and O–H groups in total. The van der Waals surface area contributed by atoms with E-state index in [1.807, 2.05) is 164 Å². The highest BCUT2D eigenvalue weighted by Crippen LogP contribution is 2.53. The Hall–Kier alpha value is -15.9. The molecule has 0 saturated carbocycles. The number of imidazole rings is 3. The van der Waals surface area contributed by atoms with E-state index in [0.717, 1.165) is 212 Å². The van der Waals surface area contributed by atoms with Crippen LogP contribution in [0.3, 0.4) is 0 Å². The lowest BCUT2D eigenvalue weighted by Crippen LogP contribution is -2.26. The normalized spacial score (nSPS) is 13.4. The van der Waals surface area contributed by atoms with Crippen LogP contribution in [-0.2, 0) is 13.7 Å². The Morgan fingerprint density at radius 1 is 0.211 bits per heavy atom. The number of hydrogen-bond donors (Lipinski definition) is 0. The summed E-state index contributed by atoms with van der Waals surface area (Å²) < 4.78 is 55.6. The van der Waals surface area contributed by atoms with Gasteiger partial charge in [0.25, 0.3) is 0 Å². The molecule has 0 saturated heterocycles. The maximum Gasteiger partial charge on any atom is 0.234 e. The highest BCUT2D eigenvalue weighted by atomic mass is 31.2. The zero-order valence-corrected chi connectivity index (χ0v) is 71.2. The maximum absolute atomic E-state index is 16.1. The average Bonchev–Trinajstić information content (AvgIpc) is 1.15. The van der Waals surface area contributed by atoms with Crippen molar-refractivity contribution in [2.45, 2.75) is 0 Å². The second-order valence-electron chi connectivity index (χ2n) is 32.6. The molecule has 10 heterocycles. The molecule has 0 spiro atoms. The smallest absolute Gasteiger partial charge is 0.234 e.